The summed E-state index contributed by atoms with van der Waals surface area (Å²) in [6.45, 7) is -4.49. The smallest absolute Gasteiger partial charge is 0.481 e. The fourth-order valence-electron chi connectivity index (χ4n) is 3.33. The maximum atomic E-state index is 14.5. The van der Waals surface area contributed by atoms with Gasteiger partial charge in [0.1, 0.15) is 0 Å². The zero-order valence-corrected chi connectivity index (χ0v) is 25.2. The summed E-state index contributed by atoms with van der Waals surface area (Å²) in [5.41, 5.74) is -18.9. The van der Waals surface area contributed by atoms with E-state index in [4.69, 9.17) is 0 Å². The highest BCUT2D eigenvalue weighted by molar-refractivity contribution is 8.09. The Bertz CT molecular complexity index is 1780. The molecule has 0 aliphatic heterocycles. The second-order valence-corrected chi connectivity index (χ2v) is 14.2. The molecule has 0 amide bonds. The lowest BCUT2D eigenvalue weighted by molar-refractivity contribution is -0.469. The van der Waals surface area contributed by atoms with Gasteiger partial charge in [0.05, 0.1) is 5.56 Å². The molecule has 0 aliphatic carbocycles. The molecule has 0 aliphatic rings. The average Bonchev–Trinajstić information content (AvgIpc) is 2.95. The molecule has 0 aromatic heterocycles. The summed E-state index contributed by atoms with van der Waals surface area (Å²) in [5, 5.41) is 0. The van der Waals surface area contributed by atoms with E-state index in [0.717, 1.165) is 0 Å². The summed E-state index contributed by atoms with van der Waals surface area (Å²) in [7, 11) is -16.7. The summed E-state index contributed by atoms with van der Waals surface area (Å²) in [6, 6.07) is 0. The molecule has 0 unspecified atom stereocenters. The maximum Gasteiger partial charge on any atom is 0.499 e. The molecule has 0 fully saturated rings. The Kier molecular flexibility index (Phi) is 12.0. The quantitative estimate of drug-likeness (QED) is 0.146. The van der Waals surface area contributed by atoms with E-state index in [2.05, 4.69) is 4.74 Å². The molecule has 1 rings (SSSR count). The van der Waals surface area contributed by atoms with Crippen molar-refractivity contribution in [1.82, 2.24) is 0 Å². The highest BCUT2D eigenvalue weighted by Crippen LogP contribution is 2.65. The van der Waals surface area contributed by atoms with Gasteiger partial charge < -0.3 is 4.74 Å². The van der Waals surface area contributed by atoms with Crippen molar-refractivity contribution in [2.24, 2.45) is 0 Å². The number of benzene rings is 1. The molecule has 0 atom stereocenters. The van der Waals surface area contributed by atoms with Crippen molar-refractivity contribution in [1.29, 1.82) is 0 Å². The summed E-state index contributed by atoms with van der Waals surface area (Å²) in [5.74, 6) is -92.3. The molecule has 0 radical (unpaired) electrons. The van der Waals surface area contributed by atoms with Crippen LogP contribution in [0.4, 0.5) is 127 Å². The summed E-state index contributed by atoms with van der Waals surface area (Å²) in [4.78, 5) is 0. The van der Waals surface area contributed by atoms with Crippen molar-refractivity contribution >= 4 is 19.7 Å². The normalized spacial score (nSPS) is 15.9. The van der Waals surface area contributed by atoms with Crippen molar-refractivity contribution in [2.45, 2.75) is 69.2 Å². The summed E-state index contributed by atoms with van der Waals surface area (Å²) < 4.78 is 433. The van der Waals surface area contributed by atoms with Gasteiger partial charge in [-0.1, -0.05) is 0 Å². The molecule has 1 aromatic rings. The van der Waals surface area contributed by atoms with E-state index in [0.29, 0.717) is 0 Å². The van der Waals surface area contributed by atoms with Crippen molar-refractivity contribution in [3.8, 4) is 5.75 Å². The predicted molar refractivity (Wildman–Crippen MR) is 110 cm³/mol. The second-order valence-electron chi connectivity index (χ2n) is 9.82. The van der Waals surface area contributed by atoms with Crippen LogP contribution >= 0.6 is 0 Å². The molecule has 0 saturated carbocycles. The fraction of sp³-hybridized carbons (Fsp3) is 0.684. The molecular weight excluding hydrogens is 923 g/mol. The molecule has 0 heterocycles. The molecule has 0 saturated heterocycles. The second kappa shape index (κ2) is 13.2. The van der Waals surface area contributed by atoms with Crippen LogP contribution in [0.5, 0.6) is 5.75 Å². The minimum absolute atomic E-state index is 2.76. The van der Waals surface area contributed by atoms with Gasteiger partial charge in [0, 0.05) is 0 Å². The third-order valence-electron chi connectivity index (χ3n) is 6.28. The standard InChI is InChI=1S/C19H3F29O5S2/c20-3-2(8(54(49,50)18(43,44)45)55(51,52)19(46,47)48)4(21)6(23)7(5(3)22)53-1-9(24,25)10(26,27)11(28,29)12(30,31)13(32,33)14(34,35)15(36,37)16(38,39)17(40,41)42/h8H,1H2. The van der Waals surface area contributed by atoms with E-state index < -0.39 is 130 Å². The number of ether oxygens (including phenoxy) is 1. The zero-order chi connectivity index (χ0) is 45.0. The van der Waals surface area contributed by atoms with E-state index in [1.165, 1.54) is 0 Å². The number of alkyl halides is 25. The van der Waals surface area contributed by atoms with Crippen LogP contribution in [0.25, 0.3) is 0 Å². The number of rotatable bonds is 13. The Labute approximate surface area is 279 Å². The molecule has 0 bridgehead atoms. The van der Waals surface area contributed by atoms with Gasteiger partial charge in [-0.15, -0.1) is 0 Å². The van der Waals surface area contributed by atoms with Gasteiger partial charge in [0.15, 0.2) is 24.0 Å². The molecule has 1 aromatic carbocycles. The van der Waals surface area contributed by atoms with Crippen molar-refractivity contribution < 1.29 is 149 Å². The molecule has 55 heavy (non-hydrogen) atoms. The maximum absolute atomic E-state index is 14.5. The monoisotopic (exact) mass is 926 g/mol. The molecule has 5 nitrogen and oxygen atoms in total. The molecule has 0 N–H and O–H groups in total. The third-order valence-corrected chi connectivity index (χ3v) is 10.7. The Morgan fingerprint density at radius 3 is 0.909 bits per heavy atom. The van der Waals surface area contributed by atoms with Crippen LogP contribution < -0.4 is 4.74 Å². The number of hydrogen-bond acceptors (Lipinski definition) is 5. The minimum Gasteiger partial charge on any atom is -0.481 e. The largest absolute Gasteiger partial charge is 0.499 e. The van der Waals surface area contributed by atoms with Crippen LogP contribution in [0.15, 0.2) is 0 Å². The van der Waals surface area contributed by atoms with E-state index in [1.807, 2.05) is 0 Å². The van der Waals surface area contributed by atoms with Gasteiger partial charge in [-0.25, -0.2) is 25.6 Å². The third kappa shape index (κ3) is 6.89. The van der Waals surface area contributed by atoms with Crippen LogP contribution in [0.1, 0.15) is 10.1 Å². The lowest BCUT2D eigenvalue weighted by Crippen LogP contribution is -2.76. The van der Waals surface area contributed by atoms with Gasteiger partial charge in [-0.2, -0.15) is 119 Å². The highest BCUT2D eigenvalue weighted by Gasteiger charge is 2.96. The number of hydrogen-bond donors (Lipinski definition) is 0. The van der Waals surface area contributed by atoms with Crippen LogP contribution in [-0.2, 0) is 19.7 Å². The van der Waals surface area contributed by atoms with Crippen molar-refractivity contribution in [3.63, 3.8) is 0 Å². The van der Waals surface area contributed by atoms with Gasteiger partial charge in [-0.05, 0) is 0 Å². The number of halogens is 29. The first kappa shape index (κ1) is 49.9. The molecule has 0 spiro atoms. The van der Waals surface area contributed by atoms with E-state index in [9.17, 15) is 144 Å². The Morgan fingerprint density at radius 1 is 0.400 bits per heavy atom. The van der Waals surface area contributed by atoms with Gasteiger partial charge in [-0.3, -0.25) is 0 Å². The zero-order valence-electron chi connectivity index (χ0n) is 23.6. The Balaban J connectivity index is 3.96. The SMILES string of the molecule is O=S(=O)(C(c1c(F)c(F)c(OCC(F)(F)C(F)(F)C(F)(F)C(F)(F)C(F)(F)C(F)(F)C(F)(F)C(F)(F)C(F)(F)F)c(F)c1F)S(=O)(=O)C(F)(F)F)C(F)(F)F. The van der Waals surface area contributed by atoms with Gasteiger partial charge in [0.25, 0.3) is 19.7 Å². The average molecular weight is 926 g/mol. The van der Waals surface area contributed by atoms with Gasteiger partial charge >= 0.3 is 64.6 Å². The number of sulfone groups is 2. The van der Waals surface area contributed by atoms with Crippen molar-refractivity contribution in [3.05, 3.63) is 28.8 Å². The first-order valence-corrected chi connectivity index (χ1v) is 14.8. The Hall–Kier alpha value is -3.11. The summed E-state index contributed by atoms with van der Waals surface area (Å²) in [6.07, 6.45) is -8.20. The Morgan fingerprint density at radius 2 is 0.655 bits per heavy atom. The first-order chi connectivity index (χ1) is 23.5. The lowest BCUT2D eigenvalue weighted by atomic mass is 9.87. The lowest BCUT2D eigenvalue weighted by Gasteiger charge is -2.43. The molecule has 324 valence electrons. The van der Waals surface area contributed by atoms with E-state index in [1.54, 1.807) is 0 Å². The fourth-order valence-corrected chi connectivity index (χ4v) is 6.84. The topological polar surface area (TPSA) is 77.5 Å². The minimum atomic E-state index is -9.45. The van der Waals surface area contributed by atoms with E-state index in [-0.39, 0.29) is 0 Å². The van der Waals surface area contributed by atoms with Crippen LogP contribution in [0.2, 0.25) is 0 Å². The van der Waals surface area contributed by atoms with Crippen LogP contribution in [-0.4, -0.2) is 88.0 Å². The molecule has 36 heteroatoms. The predicted octanol–water partition coefficient (Wildman–Crippen LogP) is 9.13. The van der Waals surface area contributed by atoms with Crippen molar-refractivity contribution in [2.75, 3.05) is 6.61 Å². The first-order valence-electron chi connectivity index (χ1n) is 11.7. The summed E-state index contributed by atoms with van der Waals surface area (Å²) >= 11 is 0. The van der Waals surface area contributed by atoms with Gasteiger partial charge in [0.2, 0.25) is 16.2 Å². The van der Waals surface area contributed by atoms with Crippen LogP contribution in [0.3, 0.4) is 0 Å². The van der Waals surface area contributed by atoms with Crippen LogP contribution in [0, 0.1) is 23.3 Å². The molecular formula is C19H3F29O5S2. The highest BCUT2D eigenvalue weighted by atomic mass is 32.3. The van der Waals surface area contributed by atoms with E-state index >= 15 is 0 Å².